The van der Waals surface area contributed by atoms with Gasteiger partial charge in [-0.15, -0.1) is 0 Å². The van der Waals surface area contributed by atoms with Crippen LogP contribution in [0.3, 0.4) is 0 Å². The summed E-state index contributed by atoms with van der Waals surface area (Å²) in [7, 11) is 0. The molecule has 3 nitrogen and oxygen atoms in total. The van der Waals surface area contributed by atoms with Crippen LogP contribution in [0.1, 0.15) is 19.4 Å². The minimum absolute atomic E-state index is 0.111. The van der Waals surface area contributed by atoms with E-state index in [2.05, 4.69) is 0 Å². The average molecular weight is 230 g/mol. The Morgan fingerprint density at radius 3 is 2.56 bits per heavy atom. The van der Waals surface area contributed by atoms with Gasteiger partial charge in [0.1, 0.15) is 11.6 Å². The molecule has 0 saturated heterocycles. The number of carboxylic acids is 1. The lowest BCUT2D eigenvalue weighted by Crippen LogP contribution is -2.36. The van der Waals surface area contributed by atoms with Crippen LogP contribution in [-0.2, 0) is 15.1 Å². The quantitative estimate of drug-likeness (QED) is 0.863. The summed E-state index contributed by atoms with van der Waals surface area (Å²) in [5.74, 6) is -3.01. The molecule has 0 heterocycles. The van der Waals surface area contributed by atoms with Gasteiger partial charge in [-0.2, -0.15) is 0 Å². The molecule has 1 rings (SSSR count). The van der Waals surface area contributed by atoms with E-state index in [0.29, 0.717) is 6.07 Å². The summed E-state index contributed by atoms with van der Waals surface area (Å²) in [5.41, 5.74) is -1.99. The van der Waals surface area contributed by atoms with Crippen molar-refractivity contribution in [3.05, 3.63) is 35.4 Å². The number of rotatable bonds is 4. The number of halogens is 2. The van der Waals surface area contributed by atoms with Gasteiger partial charge in [-0.3, -0.25) is 0 Å². The number of carbonyl (C=O) groups is 1. The Morgan fingerprint density at radius 1 is 1.50 bits per heavy atom. The maximum atomic E-state index is 13.4. The van der Waals surface area contributed by atoms with Crippen molar-refractivity contribution in [3.8, 4) is 0 Å². The topological polar surface area (TPSA) is 46.5 Å². The summed E-state index contributed by atoms with van der Waals surface area (Å²) in [6, 6.07) is 2.71. The molecule has 0 aromatic heterocycles. The number of ether oxygens (including phenoxy) is 1. The van der Waals surface area contributed by atoms with Crippen LogP contribution in [-0.4, -0.2) is 17.7 Å². The van der Waals surface area contributed by atoms with E-state index in [4.69, 9.17) is 9.84 Å². The van der Waals surface area contributed by atoms with Gasteiger partial charge in [0.25, 0.3) is 0 Å². The van der Waals surface area contributed by atoms with Crippen molar-refractivity contribution in [3.63, 3.8) is 0 Å². The van der Waals surface area contributed by atoms with Crippen molar-refractivity contribution in [2.24, 2.45) is 0 Å². The van der Waals surface area contributed by atoms with Crippen molar-refractivity contribution in [1.29, 1.82) is 0 Å². The summed E-state index contributed by atoms with van der Waals surface area (Å²) in [6.45, 7) is 2.94. The van der Waals surface area contributed by atoms with E-state index in [1.165, 1.54) is 6.92 Å². The van der Waals surface area contributed by atoms with Gasteiger partial charge < -0.3 is 9.84 Å². The zero-order chi connectivity index (χ0) is 12.3. The van der Waals surface area contributed by atoms with Crippen molar-refractivity contribution in [2.45, 2.75) is 19.4 Å². The van der Waals surface area contributed by atoms with Gasteiger partial charge in [-0.25, -0.2) is 13.6 Å². The monoisotopic (exact) mass is 230 g/mol. The van der Waals surface area contributed by atoms with E-state index < -0.39 is 23.2 Å². The Bertz CT molecular complexity index is 406. The van der Waals surface area contributed by atoms with Gasteiger partial charge in [0, 0.05) is 18.2 Å². The van der Waals surface area contributed by atoms with Crippen molar-refractivity contribution >= 4 is 5.97 Å². The third kappa shape index (κ3) is 2.19. The lowest BCUT2D eigenvalue weighted by Gasteiger charge is -2.25. The normalized spacial score (nSPS) is 14.5. The first-order chi connectivity index (χ1) is 7.41. The Kier molecular flexibility index (Phi) is 3.59. The molecular weight excluding hydrogens is 218 g/mol. The summed E-state index contributed by atoms with van der Waals surface area (Å²) in [4.78, 5) is 11.1. The van der Waals surface area contributed by atoms with E-state index in [0.717, 1.165) is 12.1 Å². The van der Waals surface area contributed by atoms with Crippen molar-refractivity contribution < 1.29 is 23.4 Å². The van der Waals surface area contributed by atoms with Gasteiger partial charge in [-0.05, 0) is 26.0 Å². The second-order valence-electron chi connectivity index (χ2n) is 3.40. The van der Waals surface area contributed by atoms with E-state index in [-0.39, 0.29) is 12.2 Å². The van der Waals surface area contributed by atoms with Crippen LogP contribution in [0.2, 0.25) is 0 Å². The van der Waals surface area contributed by atoms with Crippen LogP contribution >= 0.6 is 0 Å². The van der Waals surface area contributed by atoms with Gasteiger partial charge in [0.15, 0.2) is 5.60 Å². The molecular formula is C11H12F2O3. The lowest BCUT2D eigenvalue weighted by molar-refractivity contribution is -0.165. The zero-order valence-electron chi connectivity index (χ0n) is 8.96. The van der Waals surface area contributed by atoms with Crippen LogP contribution in [0.15, 0.2) is 18.2 Å². The van der Waals surface area contributed by atoms with Crippen LogP contribution in [0, 0.1) is 11.6 Å². The third-order valence-corrected chi connectivity index (χ3v) is 2.29. The molecule has 0 bridgehead atoms. The predicted octanol–water partition coefficient (Wildman–Crippen LogP) is 2.30. The van der Waals surface area contributed by atoms with Gasteiger partial charge in [-0.1, -0.05) is 0 Å². The number of carboxylic acid groups (broad SMARTS) is 1. The van der Waals surface area contributed by atoms with E-state index in [1.54, 1.807) is 6.92 Å². The van der Waals surface area contributed by atoms with Crippen molar-refractivity contribution in [1.82, 2.24) is 0 Å². The molecule has 16 heavy (non-hydrogen) atoms. The molecule has 0 saturated carbocycles. The average Bonchev–Trinajstić information content (AvgIpc) is 2.17. The second kappa shape index (κ2) is 4.57. The zero-order valence-corrected chi connectivity index (χ0v) is 8.96. The molecule has 0 radical (unpaired) electrons. The fourth-order valence-electron chi connectivity index (χ4n) is 1.42. The molecule has 1 aromatic carbocycles. The van der Waals surface area contributed by atoms with Crippen LogP contribution in [0.4, 0.5) is 8.78 Å². The Hall–Kier alpha value is -1.49. The van der Waals surface area contributed by atoms with Gasteiger partial charge in [0.2, 0.25) is 0 Å². The second-order valence-corrected chi connectivity index (χ2v) is 3.40. The molecule has 0 fully saturated rings. The molecule has 0 spiro atoms. The molecule has 1 unspecified atom stereocenters. The standard InChI is InChI=1S/C11H12F2O3/c1-3-16-11(2,10(14)15)8-5-4-7(12)6-9(8)13/h4-6H,3H2,1-2H3,(H,14,15). The molecule has 88 valence electrons. The smallest absolute Gasteiger partial charge is 0.340 e. The Labute approximate surface area is 91.7 Å². The molecule has 1 N–H and O–H groups in total. The van der Waals surface area contributed by atoms with E-state index in [1.807, 2.05) is 0 Å². The third-order valence-electron chi connectivity index (χ3n) is 2.29. The molecule has 0 amide bonds. The number of aliphatic carboxylic acids is 1. The van der Waals surface area contributed by atoms with Crippen LogP contribution in [0.5, 0.6) is 0 Å². The minimum Gasteiger partial charge on any atom is -0.479 e. The van der Waals surface area contributed by atoms with Gasteiger partial charge in [0.05, 0.1) is 0 Å². The summed E-state index contributed by atoms with van der Waals surface area (Å²) in [6.07, 6.45) is 0. The number of hydrogen-bond acceptors (Lipinski definition) is 2. The highest BCUT2D eigenvalue weighted by Crippen LogP contribution is 2.28. The first-order valence-corrected chi connectivity index (χ1v) is 4.74. The fourth-order valence-corrected chi connectivity index (χ4v) is 1.42. The molecule has 0 aliphatic heterocycles. The highest BCUT2D eigenvalue weighted by Gasteiger charge is 2.38. The fraction of sp³-hybridized carbons (Fsp3) is 0.364. The maximum absolute atomic E-state index is 13.4. The maximum Gasteiger partial charge on any atom is 0.340 e. The van der Waals surface area contributed by atoms with Gasteiger partial charge >= 0.3 is 5.97 Å². The largest absolute Gasteiger partial charge is 0.479 e. The van der Waals surface area contributed by atoms with Crippen LogP contribution < -0.4 is 0 Å². The highest BCUT2D eigenvalue weighted by molar-refractivity contribution is 5.79. The number of hydrogen-bond donors (Lipinski definition) is 1. The summed E-state index contributed by atoms with van der Waals surface area (Å²) in [5, 5.41) is 9.03. The summed E-state index contributed by atoms with van der Waals surface area (Å²) < 4.78 is 31.2. The predicted molar refractivity (Wildman–Crippen MR) is 53.0 cm³/mol. The Morgan fingerprint density at radius 2 is 2.12 bits per heavy atom. The SMILES string of the molecule is CCOC(C)(C(=O)O)c1ccc(F)cc1F. The van der Waals surface area contributed by atoms with E-state index >= 15 is 0 Å². The first kappa shape index (κ1) is 12.6. The van der Waals surface area contributed by atoms with Crippen molar-refractivity contribution in [2.75, 3.05) is 6.61 Å². The molecule has 0 aliphatic rings. The highest BCUT2D eigenvalue weighted by atomic mass is 19.1. The minimum atomic E-state index is -1.80. The lowest BCUT2D eigenvalue weighted by atomic mass is 9.95. The molecule has 1 aromatic rings. The molecule has 1 atom stereocenters. The number of benzene rings is 1. The summed E-state index contributed by atoms with van der Waals surface area (Å²) >= 11 is 0. The Balaban J connectivity index is 3.26. The molecule has 0 aliphatic carbocycles. The van der Waals surface area contributed by atoms with Crippen LogP contribution in [0.25, 0.3) is 0 Å². The van der Waals surface area contributed by atoms with E-state index in [9.17, 15) is 13.6 Å². The first-order valence-electron chi connectivity index (χ1n) is 4.74. The molecule has 5 heteroatoms.